The van der Waals surface area contributed by atoms with Gasteiger partial charge in [0.05, 0.1) is 6.10 Å². The Morgan fingerprint density at radius 3 is 3.07 bits per heavy atom. The lowest BCUT2D eigenvalue weighted by molar-refractivity contribution is 0.217. The van der Waals surface area contributed by atoms with E-state index in [-0.39, 0.29) is 12.1 Å². The molecule has 15 heavy (non-hydrogen) atoms. The molecule has 0 spiro atoms. The highest BCUT2D eigenvalue weighted by atomic mass is 16.5. The third-order valence-electron chi connectivity index (χ3n) is 3.15. The van der Waals surface area contributed by atoms with Gasteiger partial charge in [-0.2, -0.15) is 0 Å². The summed E-state index contributed by atoms with van der Waals surface area (Å²) in [7, 11) is 0. The molecule has 1 aromatic rings. The Morgan fingerprint density at radius 1 is 1.53 bits per heavy atom. The van der Waals surface area contributed by atoms with Crippen LogP contribution in [0.15, 0.2) is 18.2 Å². The number of fused-ring (bicyclic) bond motifs is 1. The SMILES string of the molecule is CCC(C)Oc1ccc2c(c1)CC[C@@H]2N. The van der Waals surface area contributed by atoms with Crippen LogP contribution in [0.4, 0.5) is 0 Å². The highest BCUT2D eigenvalue weighted by Gasteiger charge is 2.19. The molecule has 0 aromatic heterocycles. The van der Waals surface area contributed by atoms with Crippen molar-refractivity contribution in [3.05, 3.63) is 29.3 Å². The van der Waals surface area contributed by atoms with Gasteiger partial charge in [-0.25, -0.2) is 0 Å². The summed E-state index contributed by atoms with van der Waals surface area (Å²) in [6.07, 6.45) is 3.49. The molecule has 2 rings (SSSR count). The van der Waals surface area contributed by atoms with Crippen LogP contribution in [0.25, 0.3) is 0 Å². The summed E-state index contributed by atoms with van der Waals surface area (Å²) in [6.45, 7) is 4.23. The lowest BCUT2D eigenvalue weighted by atomic mass is 10.1. The van der Waals surface area contributed by atoms with Crippen LogP contribution in [0.2, 0.25) is 0 Å². The first-order valence-corrected chi connectivity index (χ1v) is 5.75. The lowest BCUT2D eigenvalue weighted by Gasteiger charge is -2.13. The molecule has 2 heteroatoms. The third-order valence-corrected chi connectivity index (χ3v) is 3.15. The zero-order chi connectivity index (χ0) is 10.8. The van der Waals surface area contributed by atoms with Crippen LogP contribution in [0.3, 0.4) is 0 Å². The van der Waals surface area contributed by atoms with Crippen LogP contribution in [0, 0.1) is 0 Å². The maximum Gasteiger partial charge on any atom is 0.119 e. The molecule has 2 atom stereocenters. The fourth-order valence-corrected chi connectivity index (χ4v) is 2.02. The van der Waals surface area contributed by atoms with E-state index in [1.807, 2.05) is 6.07 Å². The van der Waals surface area contributed by atoms with Crippen LogP contribution in [-0.2, 0) is 6.42 Å². The van der Waals surface area contributed by atoms with Crippen LogP contribution >= 0.6 is 0 Å². The number of nitrogens with two attached hydrogens (primary N) is 1. The summed E-state index contributed by atoms with van der Waals surface area (Å²) < 4.78 is 5.78. The van der Waals surface area contributed by atoms with E-state index in [9.17, 15) is 0 Å². The van der Waals surface area contributed by atoms with Gasteiger partial charge in [0, 0.05) is 6.04 Å². The summed E-state index contributed by atoms with van der Waals surface area (Å²) in [6, 6.07) is 6.53. The molecule has 0 saturated carbocycles. The highest BCUT2D eigenvalue weighted by Crippen LogP contribution is 2.32. The van der Waals surface area contributed by atoms with E-state index in [0.717, 1.165) is 25.0 Å². The molecule has 1 unspecified atom stereocenters. The zero-order valence-electron chi connectivity index (χ0n) is 9.49. The van der Waals surface area contributed by atoms with Gasteiger partial charge >= 0.3 is 0 Å². The maximum absolute atomic E-state index is 5.98. The molecule has 0 radical (unpaired) electrons. The zero-order valence-corrected chi connectivity index (χ0v) is 9.49. The fraction of sp³-hybridized carbons (Fsp3) is 0.538. The Hall–Kier alpha value is -1.02. The van der Waals surface area contributed by atoms with E-state index in [0.29, 0.717) is 0 Å². The van der Waals surface area contributed by atoms with Crippen molar-refractivity contribution in [2.75, 3.05) is 0 Å². The van der Waals surface area contributed by atoms with Crippen molar-refractivity contribution in [3.63, 3.8) is 0 Å². The number of hydrogen-bond donors (Lipinski definition) is 1. The molecule has 82 valence electrons. The van der Waals surface area contributed by atoms with E-state index in [2.05, 4.69) is 26.0 Å². The van der Waals surface area contributed by atoms with Crippen LogP contribution in [0.5, 0.6) is 5.75 Å². The first-order chi connectivity index (χ1) is 7.20. The fourth-order valence-electron chi connectivity index (χ4n) is 2.02. The summed E-state index contributed by atoms with van der Waals surface area (Å²) in [5.74, 6) is 0.984. The molecule has 0 aliphatic heterocycles. The largest absolute Gasteiger partial charge is 0.491 e. The van der Waals surface area contributed by atoms with E-state index < -0.39 is 0 Å². The molecule has 1 aliphatic rings. The average molecular weight is 205 g/mol. The number of rotatable bonds is 3. The number of ether oxygens (including phenoxy) is 1. The minimum Gasteiger partial charge on any atom is -0.491 e. The molecule has 0 heterocycles. The number of aryl methyl sites for hydroxylation is 1. The van der Waals surface area contributed by atoms with Crippen LogP contribution < -0.4 is 10.5 Å². The van der Waals surface area contributed by atoms with Crippen molar-refractivity contribution < 1.29 is 4.74 Å². The molecule has 0 fully saturated rings. The van der Waals surface area contributed by atoms with Crippen molar-refractivity contribution in [1.82, 2.24) is 0 Å². The first-order valence-electron chi connectivity index (χ1n) is 5.75. The van der Waals surface area contributed by atoms with Crippen molar-refractivity contribution in [3.8, 4) is 5.75 Å². The van der Waals surface area contributed by atoms with Gasteiger partial charge in [0.15, 0.2) is 0 Å². The van der Waals surface area contributed by atoms with E-state index in [1.54, 1.807) is 0 Å². The Labute approximate surface area is 91.4 Å². The quantitative estimate of drug-likeness (QED) is 0.823. The van der Waals surface area contributed by atoms with Gasteiger partial charge in [0.25, 0.3) is 0 Å². The van der Waals surface area contributed by atoms with E-state index in [1.165, 1.54) is 11.1 Å². The molecule has 2 nitrogen and oxygen atoms in total. The Morgan fingerprint density at radius 2 is 2.33 bits per heavy atom. The van der Waals surface area contributed by atoms with Crippen molar-refractivity contribution in [2.24, 2.45) is 5.73 Å². The van der Waals surface area contributed by atoms with Crippen LogP contribution in [0.1, 0.15) is 43.9 Å². The van der Waals surface area contributed by atoms with Gasteiger partial charge in [0.1, 0.15) is 5.75 Å². The third kappa shape index (κ3) is 2.15. The summed E-state index contributed by atoms with van der Waals surface area (Å²) in [4.78, 5) is 0. The van der Waals surface area contributed by atoms with Gasteiger partial charge < -0.3 is 10.5 Å². The number of hydrogen-bond acceptors (Lipinski definition) is 2. The van der Waals surface area contributed by atoms with Crippen molar-refractivity contribution in [2.45, 2.75) is 45.3 Å². The Bertz CT molecular complexity index is 348. The minimum atomic E-state index is 0.234. The number of benzene rings is 1. The van der Waals surface area contributed by atoms with Gasteiger partial charge in [-0.1, -0.05) is 13.0 Å². The van der Waals surface area contributed by atoms with Gasteiger partial charge in [-0.15, -0.1) is 0 Å². The monoisotopic (exact) mass is 205 g/mol. The molecular weight excluding hydrogens is 186 g/mol. The van der Waals surface area contributed by atoms with E-state index in [4.69, 9.17) is 10.5 Å². The van der Waals surface area contributed by atoms with E-state index >= 15 is 0 Å². The molecule has 2 N–H and O–H groups in total. The normalized spacial score (nSPS) is 21.1. The molecule has 1 aromatic carbocycles. The van der Waals surface area contributed by atoms with Crippen molar-refractivity contribution in [1.29, 1.82) is 0 Å². The second-order valence-electron chi connectivity index (χ2n) is 4.34. The van der Waals surface area contributed by atoms with Gasteiger partial charge in [-0.05, 0) is 49.4 Å². The standard InChI is InChI=1S/C13H19NO/c1-3-9(2)15-11-5-6-12-10(8-11)4-7-13(12)14/h5-6,8-9,13H,3-4,7,14H2,1-2H3/t9?,13-/m0/s1. The Balaban J connectivity index is 2.16. The first kappa shape index (κ1) is 10.5. The molecule has 0 bridgehead atoms. The van der Waals surface area contributed by atoms with Crippen LogP contribution in [-0.4, -0.2) is 6.10 Å². The molecular formula is C13H19NO. The summed E-state index contributed by atoms with van der Waals surface area (Å²) >= 11 is 0. The second-order valence-corrected chi connectivity index (χ2v) is 4.34. The minimum absolute atomic E-state index is 0.234. The topological polar surface area (TPSA) is 35.2 Å². The van der Waals surface area contributed by atoms with Gasteiger partial charge in [0.2, 0.25) is 0 Å². The predicted octanol–water partition coefficient (Wildman–Crippen LogP) is 2.81. The smallest absolute Gasteiger partial charge is 0.119 e. The molecule has 0 amide bonds. The van der Waals surface area contributed by atoms with Gasteiger partial charge in [-0.3, -0.25) is 0 Å². The highest BCUT2D eigenvalue weighted by molar-refractivity contribution is 5.40. The summed E-state index contributed by atoms with van der Waals surface area (Å²) in [5, 5.41) is 0. The molecule has 1 aliphatic carbocycles. The predicted molar refractivity (Wildman–Crippen MR) is 62.1 cm³/mol. The molecule has 0 saturated heterocycles. The summed E-state index contributed by atoms with van der Waals surface area (Å²) in [5.41, 5.74) is 8.64. The maximum atomic E-state index is 5.98. The Kier molecular flexibility index (Phi) is 2.96. The second kappa shape index (κ2) is 4.23. The average Bonchev–Trinajstić information content (AvgIpc) is 2.60. The van der Waals surface area contributed by atoms with Crippen molar-refractivity contribution >= 4 is 0 Å². The lowest BCUT2D eigenvalue weighted by Crippen LogP contribution is -2.10.